The van der Waals surface area contributed by atoms with E-state index in [1.165, 1.54) is 16.5 Å². The van der Waals surface area contributed by atoms with Crippen LogP contribution in [-0.4, -0.2) is 12.0 Å². The normalized spacial score (nSPS) is 13.9. The molecule has 0 spiro atoms. The first-order chi connectivity index (χ1) is 7.61. The highest BCUT2D eigenvalue weighted by Crippen LogP contribution is 2.44. The van der Waals surface area contributed by atoms with Crippen LogP contribution < -0.4 is 4.90 Å². The summed E-state index contributed by atoms with van der Waals surface area (Å²) in [6.07, 6.45) is 0. The lowest BCUT2D eigenvalue weighted by Gasteiger charge is -2.14. The van der Waals surface area contributed by atoms with E-state index in [0.29, 0.717) is 0 Å². The number of anilines is 1. The summed E-state index contributed by atoms with van der Waals surface area (Å²) in [5.41, 5.74) is 2.31. The van der Waals surface area contributed by atoms with Gasteiger partial charge in [0.1, 0.15) is 4.99 Å². The number of thiocarbonyl (C=S) groups is 1. The van der Waals surface area contributed by atoms with Gasteiger partial charge in [-0.15, -0.1) is 0 Å². The summed E-state index contributed by atoms with van der Waals surface area (Å²) in [7, 11) is 2.01. The van der Waals surface area contributed by atoms with Crippen molar-refractivity contribution in [1.29, 1.82) is 0 Å². The summed E-state index contributed by atoms with van der Waals surface area (Å²) in [5, 5.41) is 2.44. The zero-order valence-corrected chi connectivity index (χ0v) is 12.4. The Morgan fingerprint density at radius 2 is 1.94 bits per heavy atom. The van der Waals surface area contributed by atoms with Crippen LogP contribution in [0.4, 0.5) is 5.69 Å². The van der Waals surface area contributed by atoms with Crippen molar-refractivity contribution in [2.45, 2.75) is 0 Å². The fraction of sp³-hybridized carbons (Fsp3) is 0.0833. The molecular formula is C12H7Br2NS. The van der Waals surface area contributed by atoms with Crippen LogP contribution in [0.15, 0.2) is 33.2 Å². The molecule has 0 amide bonds. The Hall–Kier alpha value is -0.450. The second-order valence-corrected chi connectivity index (χ2v) is 5.88. The van der Waals surface area contributed by atoms with E-state index in [1.807, 2.05) is 13.1 Å². The predicted octanol–water partition coefficient (Wildman–Crippen LogP) is 4.49. The standard InChI is InChI=1S/C12H7Br2NS/c1-15-11-9(14)5-8(13)6-3-2-4-7(10(6)11)12(15)16/h2-5H,1H3. The van der Waals surface area contributed by atoms with Crippen molar-refractivity contribution in [3.63, 3.8) is 0 Å². The highest BCUT2D eigenvalue weighted by molar-refractivity contribution is 9.11. The first kappa shape index (κ1) is 10.7. The van der Waals surface area contributed by atoms with E-state index in [9.17, 15) is 0 Å². The Morgan fingerprint density at radius 1 is 1.19 bits per heavy atom. The van der Waals surface area contributed by atoms with E-state index in [-0.39, 0.29) is 0 Å². The van der Waals surface area contributed by atoms with E-state index >= 15 is 0 Å². The Labute approximate surface area is 116 Å². The fourth-order valence-electron chi connectivity index (χ4n) is 2.17. The Balaban J connectivity index is 2.59. The Kier molecular flexibility index (Phi) is 2.35. The first-order valence-electron chi connectivity index (χ1n) is 4.80. The van der Waals surface area contributed by atoms with Gasteiger partial charge in [0.05, 0.1) is 5.69 Å². The summed E-state index contributed by atoms with van der Waals surface area (Å²) in [5.74, 6) is 0. The average Bonchev–Trinajstić information content (AvgIpc) is 2.51. The summed E-state index contributed by atoms with van der Waals surface area (Å²) in [4.78, 5) is 2.95. The summed E-state index contributed by atoms with van der Waals surface area (Å²) in [6.45, 7) is 0. The third-order valence-corrected chi connectivity index (χ3v) is 4.66. The number of nitrogens with zero attached hydrogens (tertiary/aromatic N) is 1. The fourth-order valence-corrected chi connectivity index (χ4v) is 3.99. The maximum atomic E-state index is 5.45. The lowest BCUT2D eigenvalue weighted by molar-refractivity contribution is 1.32. The molecule has 1 aliphatic heterocycles. The smallest absolute Gasteiger partial charge is 0.114 e. The van der Waals surface area contributed by atoms with Gasteiger partial charge in [-0.05, 0) is 27.4 Å². The van der Waals surface area contributed by atoms with Crippen molar-refractivity contribution >= 4 is 65.5 Å². The summed E-state index contributed by atoms with van der Waals surface area (Å²) >= 11 is 12.6. The van der Waals surface area contributed by atoms with Crippen molar-refractivity contribution in [2.75, 3.05) is 11.9 Å². The first-order valence-corrected chi connectivity index (χ1v) is 6.79. The molecule has 2 aromatic rings. The molecule has 0 saturated carbocycles. The lowest BCUT2D eigenvalue weighted by atomic mass is 10.1. The molecule has 0 atom stereocenters. The average molecular weight is 357 g/mol. The van der Waals surface area contributed by atoms with Gasteiger partial charge in [-0.25, -0.2) is 0 Å². The minimum absolute atomic E-state index is 0.888. The van der Waals surface area contributed by atoms with Gasteiger partial charge in [-0.1, -0.05) is 46.3 Å². The van der Waals surface area contributed by atoms with Crippen molar-refractivity contribution in [1.82, 2.24) is 0 Å². The molecule has 0 bridgehead atoms. The van der Waals surface area contributed by atoms with Crippen LogP contribution in [0.3, 0.4) is 0 Å². The van der Waals surface area contributed by atoms with E-state index in [1.54, 1.807) is 0 Å². The molecule has 0 aliphatic carbocycles. The van der Waals surface area contributed by atoms with Crippen LogP contribution in [0.5, 0.6) is 0 Å². The molecule has 0 fully saturated rings. The third kappa shape index (κ3) is 1.24. The van der Waals surface area contributed by atoms with Crippen LogP contribution in [0.25, 0.3) is 10.8 Å². The lowest BCUT2D eigenvalue weighted by Crippen LogP contribution is -2.19. The van der Waals surface area contributed by atoms with E-state index in [4.69, 9.17) is 12.2 Å². The van der Waals surface area contributed by atoms with Gasteiger partial charge in [0.25, 0.3) is 0 Å². The van der Waals surface area contributed by atoms with Crippen LogP contribution in [0.1, 0.15) is 5.56 Å². The minimum atomic E-state index is 0.888. The molecule has 4 heteroatoms. The number of hydrogen-bond acceptors (Lipinski definition) is 1. The predicted molar refractivity (Wildman–Crippen MR) is 79.5 cm³/mol. The van der Waals surface area contributed by atoms with Gasteiger partial charge in [0.2, 0.25) is 0 Å². The molecule has 0 aromatic heterocycles. The maximum Gasteiger partial charge on any atom is 0.114 e. The van der Waals surface area contributed by atoms with Gasteiger partial charge in [-0.2, -0.15) is 0 Å². The highest BCUT2D eigenvalue weighted by Gasteiger charge is 2.26. The van der Waals surface area contributed by atoms with Gasteiger partial charge in [0.15, 0.2) is 0 Å². The van der Waals surface area contributed by atoms with Crippen LogP contribution in [0, 0.1) is 0 Å². The number of rotatable bonds is 0. The molecule has 16 heavy (non-hydrogen) atoms. The third-order valence-electron chi connectivity index (χ3n) is 2.91. The quantitative estimate of drug-likeness (QED) is 0.640. The molecule has 1 aliphatic rings. The number of hydrogen-bond donors (Lipinski definition) is 0. The van der Waals surface area contributed by atoms with Crippen molar-refractivity contribution in [3.8, 4) is 0 Å². The molecule has 2 aromatic carbocycles. The van der Waals surface area contributed by atoms with E-state index in [0.717, 1.165) is 19.5 Å². The van der Waals surface area contributed by atoms with Gasteiger partial charge >= 0.3 is 0 Å². The Morgan fingerprint density at radius 3 is 2.69 bits per heavy atom. The molecule has 1 heterocycles. The number of halogens is 2. The zero-order chi connectivity index (χ0) is 11.4. The monoisotopic (exact) mass is 355 g/mol. The highest BCUT2D eigenvalue weighted by atomic mass is 79.9. The van der Waals surface area contributed by atoms with Crippen LogP contribution in [0.2, 0.25) is 0 Å². The molecule has 0 unspecified atom stereocenters. The van der Waals surface area contributed by atoms with E-state index in [2.05, 4.69) is 55.0 Å². The molecular weight excluding hydrogens is 350 g/mol. The van der Waals surface area contributed by atoms with Crippen molar-refractivity contribution in [2.24, 2.45) is 0 Å². The van der Waals surface area contributed by atoms with Gasteiger partial charge < -0.3 is 4.90 Å². The van der Waals surface area contributed by atoms with Crippen LogP contribution >= 0.6 is 44.1 Å². The molecule has 3 rings (SSSR count). The van der Waals surface area contributed by atoms with Gasteiger partial charge in [-0.3, -0.25) is 0 Å². The molecule has 80 valence electrons. The van der Waals surface area contributed by atoms with Crippen molar-refractivity contribution in [3.05, 3.63) is 38.8 Å². The number of benzene rings is 2. The molecule has 1 nitrogen and oxygen atoms in total. The molecule has 0 radical (unpaired) electrons. The Bertz CT molecular complexity index is 636. The summed E-state index contributed by atoms with van der Waals surface area (Å²) in [6, 6.07) is 8.31. The second kappa shape index (κ2) is 3.52. The van der Waals surface area contributed by atoms with E-state index < -0.39 is 0 Å². The second-order valence-electron chi connectivity index (χ2n) is 3.78. The zero-order valence-electron chi connectivity index (χ0n) is 8.42. The SMILES string of the molecule is CN1C(=S)c2cccc3c(Br)cc(Br)c1c23. The van der Waals surface area contributed by atoms with Crippen molar-refractivity contribution < 1.29 is 0 Å². The summed E-state index contributed by atoms with van der Waals surface area (Å²) < 4.78 is 2.17. The largest absolute Gasteiger partial charge is 0.334 e. The van der Waals surface area contributed by atoms with Gasteiger partial charge in [0, 0.05) is 26.9 Å². The molecule has 0 N–H and O–H groups in total. The minimum Gasteiger partial charge on any atom is -0.334 e. The topological polar surface area (TPSA) is 3.24 Å². The maximum absolute atomic E-state index is 5.45. The van der Waals surface area contributed by atoms with Crippen LogP contribution in [-0.2, 0) is 0 Å². The molecule has 0 saturated heterocycles.